The molecule has 0 saturated carbocycles. The lowest BCUT2D eigenvalue weighted by Crippen LogP contribution is -2.43. The van der Waals surface area contributed by atoms with E-state index in [4.69, 9.17) is 11.6 Å². The zero-order valence-electron chi connectivity index (χ0n) is 10.0. The molecule has 4 rings (SSSR count). The molecular formula is C15H18ClN. The van der Waals surface area contributed by atoms with Gasteiger partial charge in [-0.2, -0.15) is 0 Å². The number of piperidine rings is 3. The largest absolute Gasteiger partial charge is 0.299 e. The summed E-state index contributed by atoms with van der Waals surface area (Å²) in [5.74, 6) is 0.868. The van der Waals surface area contributed by atoms with Gasteiger partial charge >= 0.3 is 0 Å². The Morgan fingerprint density at radius 3 is 2.47 bits per heavy atom. The van der Waals surface area contributed by atoms with E-state index in [1.807, 2.05) is 12.1 Å². The molecule has 17 heavy (non-hydrogen) atoms. The van der Waals surface area contributed by atoms with E-state index >= 15 is 0 Å². The predicted molar refractivity (Wildman–Crippen MR) is 72.4 cm³/mol. The first-order chi connectivity index (χ1) is 8.31. The van der Waals surface area contributed by atoms with E-state index in [1.54, 1.807) is 5.57 Å². The number of nitrogens with zero attached hydrogens (tertiary/aromatic N) is 1. The Morgan fingerprint density at radius 2 is 1.88 bits per heavy atom. The molecule has 3 heterocycles. The van der Waals surface area contributed by atoms with Gasteiger partial charge in [0, 0.05) is 11.6 Å². The third-order valence-corrected chi connectivity index (χ3v) is 4.28. The summed E-state index contributed by atoms with van der Waals surface area (Å²) >= 11 is 5.89. The second-order valence-electron chi connectivity index (χ2n) is 5.16. The van der Waals surface area contributed by atoms with Crippen LogP contribution in [0.5, 0.6) is 0 Å². The van der Waals surface area contributed by atoms with Crippen LogP contribution in [-0.2, 0) is 6.42 Å². The molecule has 0 radical (unpaired) electrons. The lowest BCUT2D eigenvalue weighted by atomic mass is 9.83. The van der Waals surface area contributed by atoms with Gasteiger partial charge in [0.15, 0.2) is 0 Å². The molecule has 3 saturated heterocycles. The smallest absolute Gasteiger partial charge is 0.0406 e. The fourth-order valence-electron chi connectivity index (χ4n) is 2.95. The standard InChI is InChI=1S/C15H18ClN/c16-15-5-2-12(3-6-15)1-4-14-11-17-9-7-13(14)8-10-17/h2-6,13H,1,7-11H2. The Hall–Kier alpha value is -0.790. The molecule has 0 aliphatic carbocycles. The topological polar surface area (TPSA) is 3.24 Å². The van der Waals surface area contributed by atoms with E-state index < -0.39 is 0 Å². The highest BCUT2D eigenvalue weighted by molar-refractivity contribution is 6.30. The molecule has 0 spiro atoms. The summed E-state index contributed by atoms with van der Waals surface area (Å²) in [5, 5.41) is 0.823. The lowest BCUT2D eigenvalue weighted by molar-refractivity contribution is 0.161. The number of fused-ring (bicyclic) bond motifs is 3. The first kappa shape index (κ1) is 11.3. The van der Waals surface area contributed by atoms with Crippen LogP contribution in [0, 0.1) is 5.92 Å². The quantitative estimate of drug-likeness (QED) is 0.723. The summed E-state index contributed by atoms with van der Waals surface area (Å²) in [7, 11) is 0. The molecule has 0 unspecified atom stereocenters. The van der Waals surface area contributed by atoms with Gasteiger partial charge in [0.05, 0.1) is 0 Å². The minimum Gasteiger partial charge on any atom is -0.299 e. The first-order valence-corrected chi connectivity index (χ1v) is 6.85. The maximum absolute atomic E-state index is 5.89. The van der Waals surface area contributed by atoms with Crippen LogP contribution in [0.4, 0.5) is 0 Å². The predicted octanol–water partition coefficient (Wildman–Crippen LogP) is 3.53. The average Bonchev–Trinajstić information content (AvgIpc) is 2.39. The van der Waals surface area contributed by atoms with E-state index in [2.05, 4.69) is 23.1 Å². The fourth-order valence-corrected chi connectivity index (χ4v) is 3.08. The van der Waals surface area contributed by atoms with Crippen LogP contribution < -0.4 is 0 Å². The third kappa shape index (κ3) is 2.56. The van der Waals surface area contributed by atoms with Crippen LogP contribution >= 0.6 is 11.6 Å². The zero-order valence-corrected chi connectivity index (χ0v) is 10.8. The number of halogens is 1. The number of hydrogen-bond acceptors (Lipinski definition) is 1. The van der Waals surface area contributed by atoms with Crippen molar-refractivity contribution < 1.29 is 0 Å². The molecule has 0 atom stereocenters. The van der Waals surface area contributed by atoms with Crippen molar-refractivity contribution in [2.45, 2.75) is 19.3 Å². The second-order valence-corrected chi connectivity index (χ2v) is 5.60. The van der Waals surface area contributed by atoms with Crippen LogP contribution in [0.25, 0.3) is 0 Å². The molecule has 1 aromatic carbocycles. The summed E-state index contributed by atoms with van der Waals surface area (Å²) in [5.41, 5.74) is 3.02. The number of benzene rings is 1. The van der Waals surface area contributed by atoms with Crippen LogP contribution in [0.3, 0.4) is 0 Å². The van der Waals surface area contributed by atoms with Gasteiger partial charge in [-0.15, -0.1) is 0 Å². The molecule has 0 amide bonds. The Balaban J connectivity index is 1.68. The Bertz CT molecular complexity index is 413. The number of rotatable bonds is 2. The minimum absolute atomic E-state index is 0.823. The average molecular weight is 248 g/mol. The van der Waals surface area contributed by atoms with Crippen molar-refractivity contribution >= 4 is 11.6 Å². The molecule has 3 aliphatic heterocycles. The van der Waals surface area contributed by atoms with E-state index in [9.17, 15) is 0 Å². The van der Waals surface area contributed by atoms with Gasteiger partial charge in [-0.25, -0.2) is 0 Å². The molecule has 1 aromatic rings. The van der Waals surface area contributed by atoms with Crippen molar-refractivity contribution in [3.8, 4) is 0 Å². The summed E-state index contributed by atoms with van der Waals surface area (Å²) in [6.45, 7) is 3.82. The van der Waals surface area contributed by atoms with Crippen molar-refractivity contribution in [2.75, 3.05) is 19.6 Å². The number of allylic oxidation sites excluding steroid dienone is 1. The van der Waals surface area contributed by atoms with Gasteiger partial charge in [-0.3, -0.25) is 4.90 Å². The van der Waals surface area contributed by atoms with Gasteiger partial charge in [0.1, 0.15) is 0 Å². The molecule has 90 valence electrons. The number of hydrogen-bond donors (Lipinski definition) is 0. The van der Waals surface area contributed by atoms with Crippen LogP contribution in [0.15, 0.2) is 35.9 Å². The van der Waals surface area contributed by atoms with Crippen LogP contribution in [0.2, 0.25) is 5.02 Å². The van der Waals surface area contributed by atoms with Gasteiger partial charge in [-0.05, 0) is 56.0 Å². The Labute approximate surface area is 108 Å². The molecule has 3 fully saturated rings. The van der Waals surface area contributed by atoms with Crippen LogP contribution in [0.1, 0.15) is 18.4 Å². The first-order valence-electron chi connectivity index (χ1n) is 6.47. The van der Waals surface area contributed by atoms with Crippen molar-refractivity contribution in [2.24, 2.45) is 5.92 Å². The second kappa shape index (κ2) is 4.83. The normalized spacial score (nSPS) is 29.8. The summed E-state index contributed by atoms with van der Waals surface area (Å²) in [6, 6.07) is 8.21. The van der Waals surface area contributed by atoms with Gasteiger partial charge < -0.3 is 0 Å². The summed E-state index contributed by atoms with van der Waals surface area (Å²) in [6.07, 6.45) is 6.23. The Morgan fingerprint density at radius 1 is 1.18 bits per heavy atom. The van der Waals surface area contributed by atoms with Crippen molar-refractivity contribution in [1.29, 1.82) is 0 Å². The molecule has 0 N–H and O–H groups in total. The monoisotopic (exact) mass is 247 g/mol. The highest BCUT2D eigenvalue weighted by Crippen LogP contribution is 2.31. The van der Waals surface area contributed by atoms with Crippen molar-refractivity contribution in [3.05, 3.63) is 46.5 Å². The van der Waals surface area contributed by atoms with Crippen molar-refractivity contribution in [3.63, 3.8) is 0 Å². The fraction of sp³-hybridized carbons (Fsp3) is 0.467. The van der Waals surface area contributed by atoms with Crippen LogP contribution in [-0.4, -0.2) is 24.5 Å². The van der Waals surface area contributed by atoms with E-state index in [0.717, 1.165) is 17.4 Å². The SMILES string of the molecule is Clc1ccc(CC=C2CN3CCC2CC3)cc1. The maximum atomic E-state index is 5.89. The Kier molecular flexibility index (Phi) is 3.21. The van der Waals surface area contributed by atoms with Gasteiger partial charge in [-0.1, -0.05) is 35.4 Å². The third-order valence-electron chi connectivity index (χ3n) is 4.03. The highest BCUT2D eigenvalue weighted by Gasteiger charge is 2.28. The van der Waals surface area contributed by atoms with E-state index in [-0.39, 0.29) is 0 Å². The van der Waals surface area contributed by atoms with E-state index in [1.165, 1.54) is 38.0 Å². The molecule has 2 bridgehead atoms. The highest BCUT2D eigenvalue weighted by atomic mass is 35.5. The molecule has 2 heteroatoms. The molecule has 0 aromatic heterocycles. The van der Waals surface area contributed by atoms with Crippen molar-refractivity contribution in [1.82, 2.24) is 4.90 Å². The zero-order chi connectivity index (χ0) is 11.7. The van der Waals surface area contributed by atoms with E-state index in [0.29, 0.717) is 0 Å². The minimum atomic E-state index is 0.823. The lowest BCUT2D eigenvalue weighted by Gasteiger charge is -2.41. The summed E-state index contributed by atoms with van der Waals surface area (Å²) in [4.78, 5) is 2.58. The van der Waals surface area contributed by atoms with Gasteiger partial charge in [0.25, 0.3) is 0 Å². The molecule has 3 aliphatic rings. The maximum Gasteiger partial charge on any atom is 0.0406 e. The van der Waals surface area contributed by atoms with Gasteiger partial charge in [0.2, 0.25) is 0 Å². The molecule has 1 nitrogen and oxygen atoms in total. The molecular weight excluding hydrogens is 230 g/mol. The summed E-state index contributed by atoms with van der Waals surface area (Å²) < 4.78 is 0.